The lowest BCUT2D eigenvalue weighted by Gasteiger charge is -2.25. The molecule has 164 valence electrons. The zero-order chi connectivity index (χ0) is 22.6. The second-order valence-corrected chi connectivity index (χ2v) is 8.19. The normalized spacial score (nSPS) is 15.7. The molecule has 0 aliphatic carbocycles. The summed E-state index contributed by atoms with van der Waals surface area (Å²) in [4.78, 5) is 31.4. The molecule has 1 aliphatic rings. The van der Waals surface area contributed by atoms with Crippen LogP contribution in [0, 0.1) is 13.8 Å². The minimum atomic E-state index is -0.680. The average molecular weight is 432 g/mol. The number of ether oxygens (including phenoxy) is 1. The highest BCUT2D eigenvalue weighted by molar-refractivity contribution is 5.86. The number of aryl methyl sites for hydroxylation is 2. The summed E-state index contributed by atoms with van der Waals surface area (Å²) in [6, 6.07) is 10.7. The highest BCUT2D eigenvalue weighted by Crippen LogP contribution is 2.36. The Morgan fingerprint density at radius 1 is 1.09 bits per heavy atom. The van der Waals surface area contributed by atoms with Crippen molar-refractivity contribution in [3.63, 3.8) is 0 Å². The molecule has 0 spiro atoms. The van der Waals surface area contributed by atoms with Gasteiger partial charge in [-0.3, -0.25) is 9.78 Å². The van der Waals surface area contributed by atoms with Crippen molar-refractivity contribution in [3.8, 4) is 17.3 Å². The Hall–Kier alpha value is -3.78. The number of methoxy groups -OCH3 is 1. The molecule has 0 fully saturated rings. The highest BCUT2D eigenvalue weighted by Gasteiger charge is 2.31. The van der Waals surface area contributed by atoms with Gasteiger partial charge in [0, 0.05) is 23.1 Å². The Bertz CT molecular complexity index is 1480. The van der Waals surface area contributed by atoms with E-state index in [-0.39, 0.29) is 11.4 Å². The van der Waals surface area contributed by atoms with E-state index in [0.717, 1.165) is 50.0 Å². The Labute approximate surface area is 183 Å². The van der Waals surface area contributed by atoms with E-state index in [4.69, 9.17) is 4.74 Å². The highest BCUT2D eigenvalue weighted by atomic mass is 16.5. The minimum absolute atomic E-state index is 0.101. The molecule has 1 atom stereocenters. The second kappa shape index (κ2) is 7.42. The molecule has 8 nitrogen and oxygen atoms in total. The molecule has 4 aromatic rings. The molecular formula is C24H24N4O4. The average Bonchev–Trinajstić information content (AvgIpc) is 3.13. The Morgan fingerprint density at radius 2 is 1.91 bits per heavy atom. The van der Waals surface area contributed by atoms with Crippen molar-refractivity contribution in [2.75, 3.05) is 13.7 Å². The van der Waals surface area contributed by atoms with Gasteiger partial charge < -0.3 is 20.1 Å². The van der Waals surface area contributed by atoms with E-state index in [1.165, 1.54) is 0 Å². The number of rotatable bonds is 3. The van der Waals surface area contributed by atoms with Gasteiger partial charge in [0.2, 0.25) is 5.88 Å². The molecular weight excluding hydrogens is 408 g/mol. The molecule has 0 saturated heterocycles. The monoisotopic (exact) mass is 432 g/mol. The van der Waals surface area contributed by atoms with Crippen LogP contribution in [0.25, 0.3) is 16.6 Å². The van der Waals surface area contributed by atoms with Crippen molar-refractivity contribution < 1.29 is 9.84 Å². The van der Waals surface area contributed by atoms with Crippen LogP contribution < -0.4 is 21.3 Å². The van der Waals surface area contributed by atoms with Crippen LogP contribution in [0.3, 0.4) is 0 Å². The van der Waals surface area contributed by atoms with Crippen molar-refractivity contribution >= 4 is 10.9 Å². The van der Waals surface area contributed by atoms with Gasteiger partial charge in [0.05, 0.1) is 18.8 Å². The minimum Gasteiger partial charge on any atom is -0.497 e. The third-order valence-corrected chi connectivity index (χ3v) is 6.16. The summed E-state index contributed by atoms with van der Waals surface area (Å²) in [5, 5.41) is 15.5. The number of hydrogen-bond donors (Lipinski definition) is 4. The van der Waals surface area contributed by atoms with Crippen LogP contribution in [-0.2, 0) is 6.42 Å². The SMILES string of the molecule is COc1ccc2[nH]c3c(c2c1)CCN[C@H]3c1c(O)n(-c2ccc(C)cc2C)c(=O)[nH]c1=O. The van der Waals surface area contributed by atoms with Crippen LogP contribution in [0.4, 0.5) is 0 Å². The maximum absolute atomic E-state index is 12.9. The molecule has 2 aromatic carbocycles. The molecule has 1 aliphatic heterocycles. The van der Waals surface area contributed by atoms with E-state index >= 15 is 0 Å². The van der Waals surface area contributed by atoms with Gasteiger partial charge in [-0.15, -0.1) is 0 Å². The quantitative estimate of drug-likeness (QED) is 0.398. The van der Waals surface area contributed by atoms with Gasteiger partial charge in [-0.2, -0.15) is 0 Å². The van der Waals surface area contributed by atoms with E-state index in [2.05, 4.69) is 15.3 Å². The summed E-state index contributed by atoms with van der Waals surface area (Å²) >= 11 is 0. The summed E-state index contributed by atoms with van der Waals surface area (Å²) < 4.78 is 6.53. The topological polar surface area (TPSA) is 112 Å². The standard InChI is InChI=1S/C24H24N4O4/c1-12-4-7-18(13(2)10-12)28-23(30)19(22(29)27-24(28)31)21-20-15(8-9-25-21)16-11-14(32-3)5-6-17(16)26-20/h4-7,10-11,21,25-26,30H,8-9H2,1-3H3,(H,27,29,31)/t21-/m0/s1. The number of aromatic hydroxyl groups is 1. The van der Waals surface area contributed by atoms with E-state index < -0.39 is 17.3 Å². The fraction of sp³-hybridized carbons (Fsp3) is 0.250. The third kappa shape index (κ3) is 3.03. The summed E-state index contributed by atoms with van der Waals surface area (Å²) in [6.45, 7) is 4.43. The number of fused-ring (bicyclic) bond motifs is 3. The smallest absolute Gasteiger partial charge is 0.335 e. The third-order valence-electron chi connectivity index (χ3n) is 6.16. The molecule has 4 N–H and O–H groups in total. The molecule has 0 saturated carbocycles. The molecule has 5 rings (SSSR count). The number of aromatic amines is 2. The lowest BCUT2D eigenvalue weighted by molar-refractivity contribution is 0.409. The maximum atomic E-state index is 12.9. The number of hydrogen-bond acceptors (Lipinski definition) is 5. The predicted molar refractivity (Wildman–Crippen MR) is 122 cm³/mol. The molecule has 2 aromatic heterocycles. The van der Waals surface area contributed by atoms with Crippen LogP contribution in [-0.4, -0.2) is 33.3 Å². The zero-order valence-electron chi connectivity index (χ0n) is 18.1. The molecule has 3 heterocycles. The largest absolute Gasteiger partial charge is 0.497 e. The Kier molecular flexibility index (Phi) is 4.67. The number of nitrogens with one attached hydrogen (secondary N) is 3. The van der Waals surface area contributed by atoms with Crippen molar-refractivity contribution in [1.82, 2.24) is 19.9 Å². The first-order valence-corrected chi connectivity index (χ1v) is 10.5. The van der Waals surface area contributed by atoms with Gasteiger partial charge in [0.1, 0.15) is 11.3 Å². The Balaban J connectivity index is 1.73. The first-order chi connectivity index (χ1) is 15.4. The van der Waals surface area contributed by atoms with Crippen molar-refractivity contribution in [1.29, 1.82) is 0 Å². The van der Waals surface area contributed by atoms with Crippen LogP contribution >= 0.6 is 0 Å². The number of benzene rings is 2. The van der Waals surface area contributed by atoms with Crippen molar-refractivity contribution in [2.45, 2.75) is 26.3 Å². The number of nitrogens with zero attached hydrogens (tertiary/aromatic N) is 1. The molecule has 8 heteroatoms. The fourth-order valence-electron chi connectivity index (χ4n) is 4.66. The van der Waals surface area contributed by atoms with Crippen LogP contribution in [0.1, 0.15) is 34.0 Å². The van der Waals surface area contributed by atoms with E-state index in [1.807, 2.05) is 44.2 Å². The van der Waals surface area contributed by atoms with Crippen LogP contribution in [0.15, 0.2) is 46.0 Å². The predicted octanol–water partition coefficient (Wildman–Crippen LogP) is 2.57. The number of aromatic nitrogens is 3. The van der Waals surface area contributed by atoms with Gasteiger partial charge in [-0.05, 0) is 55.7 Å². The van der Waals surface area contributed by atoms with E-state index in [0.29, 0.717) is 12.2 Å². The fourth-order valence-corrected chi connectivity index (χ4v) is 4.66. The molecule has 0 bridgehead atoms. The lowest BCUT2D eigenvalue weighted by Crippen LogP contribution is -2.38. The van der Waals surface area contributed by atoms with Gasteiger partial charge in [0.15, 0.2) is 0 Å². The van der Waals surface area contributed by atoms with Crippen LogP contribution in [0.5, 0.6) is 11.6 Å². The molecule has 32 heavy (non-hydrogen) atoms. The van der Waals surface area contributed by atoms with Gasteiger partial charge >= 0.3 is 5.69 Å². The zero-order valence-corrected chi connectivity index (χ0v) is 18.1. The summed E-state index contributed by atoms with van der Waals surface area (Å²) in [5.74, 6) is 0.380. The maximum Gasteiger partial charge on any atom is 0.335 e. The summed E-state index contributed by atoms with van der Waals surface area (Å²) in [6.07, 6.45) is 0.758. The van der Waals surface area contributed by atoms with Gasteiger partial charge in [-0.25, -0.2) is 9.36 Å². The van der Waals surface area contributed by atoms with Crippen LogP contribution in [0.2, 0.25) is 0 Å². The molecule has 0 amide bonds. The van der Waals surface area contributed by atoms with Gasteiger partial charge in [0.25, 0.3) is 5.56 Å². The van der Waals surface area contributed by atoms with E-state index in [9.17, 15) is 14.7 Å². The second-order valence-electron chi connectivity index (χ2n) is 8.19. The Morgan fingerprint density at radius 3 is 2.66 bits per heavy atom. The van der Waals surface area contributed by atoms with Crippen molar-refractivity contribution in [3.05, 3.63) is 85.2 Å². The summed E-state index contributed by atoms with van der Waals surface area (Å²) in [7, 11) is 1.62. The molecule has 0 unspecified atom stereocenters. The van der Waals surface area contributed by atoms with Gasteiger partial charge in [-0.1, -0.05) is 17.7 Å². The first-order valence-electron chi connectivity index (χ1n) is 10.5. The summed E-state index contributed by atoms with van der Waals surface area (Å²) in [5.41, 5.74) is 3.96. The number of H-pyrrole nitrogens is 2. The first kappa shape index (κ1) is 20.1. The lowest BCUT2D eigenvalue weighted by atomic mass is 9.95. The molecule has 0 radical (unpaired) electrons. The van der Waals surface area contributed by atoms with E-state index in [1.54, 1.807) is 13.2 Å². The van der Waals surface area contributed by atoms with Crippen molar-refractivity contribution in [2.24, 2.45) is 0 Å².